The van der Waals surface area contributed by atoms with E-state index in [4.69, 9.17) is 13.9 Å². The molecule has 1 aromatic heterocycles. The molecule has 2 heterocycles. The number of hydrogen-bond acceptors (Lipinski definition) is 8. The SMILES string of the molecule is O=c1cc(-c2ccccc2)c2ccc(O[C@H]3O[C@H](CO)[C@@H](O)[C@H](O)[C@H]3O)cc2o1. The van der Waals surface area contributed by atoms with Gasteiger partial charge in [-0.1, -0.05) is 30.3 Å². The van der Waals surface area contributed by atoms with Gasteiger partial charge in [0.2, 0.25) is 6.29 Å². The number of benzene rings is 2. The Hall–Kier alpha value is -2.75. The number of aliphatic hydroxyl groups is 4. The fourth-order valence-electron chi connectivity index (χ4n) is 3.37. The summed E-state index contributed by atoms with van der Waals surface area (Å²) in [5.74, 6) is 0.218. The summed E-state index contributed by atoms with van der Waals surface area (Å²) < 4.78 is 16.2. The molecule has 1 aliphatic rings. The van der Waals surface area contributed by atoms with Gasteiger partial charge in [-0.2, -0.15) is 0 Å². The molecule has 4 rings (SSSR count). The summed E-state index contributed by atoms with van der Waals surface area (Å²) in [6.07, 6.45) is -6.97. The van der Waals surface area contributed by atoms with Crippen molar-refractivity contribution in [3.05, 3.63) is 65.0 Å². The lowest BCUT2D eigenvalue weighted by Crippen LogP contribution is -2.60. The number of hydrogen-bond donors (Lipinski definition) is 4. The van der Waals surface area contributed by atoms with Crippen molar-refractivity contribution in [2.24, 2.45) is 0 Å². The van der Waals surface area contributed by atoms with Crippen molar-refractivity contribution >= 4 is 11.0 Å². The Labute approximate surface area is 165 Å². The van der Waals surface area contributed by atoms with Gasteiger partial charge in [0.15, 0.2) is 0 Å². The second-order valence-electron chi connectivity index (χ2n) is 6.82. The Morgan fingerprint density at radius 2 is 1.69 bits per heavy atom. The summed E-state index contributed by atoms with van der Waals surface area (Å²) in [6, 6.07) is 15.6. The third-order valence-electron chi connectivity index (χ3n) is 4.90. The van der Waals surface area contributed by atoms with Crippen LogP contribution in [0.15, 0.2) is 63.8 Å². The average Bonchev–Trinajstić information content (AvgIpc) is 2.74. The topological polar surface area (TPSA) is 130 Å². The maximum atomic E-state index is 12.0. The molecule has 1 saturated heterocycles. The first-order chi connectivity index (χ1) is 14.0. The predicted molar refractivity (Wildman–Crippen MR) is 102 cm³/mol. The van der Waals surface area contributed by atoms with Gasteiger partial charge < -0.3 is 34.3 Å². The van der Waals surface area contributed by atoms with Crippen molar-refractivity contribution in [3.8, 4) is 16.9 Å². The summed E-state index contributed by atoms with van der Waals surface area (Å²) in [7, 11) is 0. The molecule has 5 atom stereocenters. The molecule has 29 heavy (non-hydrogen) atoms. The van der Waals surface area contributed by atoms with Crippen LogP contribution in [0, 0.1) is 0 Å². The molecule has 2 aromatic carbocycles. The number of fused-ring (bicyclic) bond motifs is 1. The molecule has 8 nitrogen and oxygen atoms in total. The lowest BCUT2D eigenvalue weighted by atomic mass is 9.99. The first-order valence-electron chi connectivity index (χ1n) is 9.08. The molecule has 0 unspecified atom stereocenters. The van der Waals surface area contributed by atoms with E-state index in [-0.39, 0.29) is 11.3 Å². The van der Waals surface area contributed by atoms with Gasteiger partial charge >= 0.3 is 5.63 Å². The monoisotopic (exact) mass is 400 g/mol. The Balaban J connectivity index is 1.67. The van der Waals surface area contributed by atoms with E-state index in [1.807, 2.05) is 30.3 Å². The van der Waals surface area contributed by atoms with Gasteiger partial charge in [-0.25, -0.2) is 4.79 Å². The molecule has 0 saturated carbocycles. The van der Waals surface area contributed by atoms with E-state index in [1.54, 1.807) is 12.1 Å². The Bertz CT molecular complexity index is 1050. The minimum absolute atomic E-state index is 0.218. The van der Waals surface area contributed by atoms with Gasteiger partial charge in [-0.05, 0) is 23.3 Å². The maximum absolute atomic E-state index is 12.0. The van der Waals surface area contributed by atoms with Crippen molar-refractivity contribution in [1.82, 2.24) is 0 Å². The van der Waals surface area contributed by atoms with E-state index in [0.29, 0.717) is 10.9 Å². The normalized spacial score (nSPS) is 27.1. The third kappa shape index (κ3) is 3.76. The smallest absolute Gasteiger partial charge is 0.336 e. The molecule has 8 heteroatoms. The van der Waals surface area contributed by atoms with E-state index >= 15 is 0 Å². The van der Waals surface area contributed by atoms with Gasteiger partial charge in [0, 0.05) is 17.5 Å². The summed E-state index contributed by atoms with van der Waals surface area (Å²) in [5.41, 5.74) is 1.31. The number of rotatable bonds is 4. The zero-order chi connectivity index (χ0) is 20.5. The molecule has 3 aromatic rings. The Morgan fingerprint density at radius 1 is 0.931 bits per heavy atom. The lowest BCUT2D eigenvalue weighted by molar-refractivity contribution is -0.277. The minimum Gasteiger partial charge on any atom is -0.462 e. The molecule has 0 bridgehead atoms. The second kappa shape index (κ2) is 7.94. The highest BCUT2D eigenvalue weighted by molar-refractivity contribution is 5.93. The highest BCUT2D eigenvalue weighted by Gasteiger charge is 2.44. The molecular formula is C21H20O8. The van der Waals surface area contributed by atoms with Crippen molar-refractivity contribution in [2.45, 2.75) is 30.7 Å². The summed E-state index contributed by atoms with van der Waals surface area (Å²) in [4.78, 5) is 12.0. The summed E-state index contributed by atoms with van der Waals surface area (Å²) in [6.45, 7) is -0.558. The lowest BCUT2D eigenvalue weighted by Gasteiger charge is -2.39. The highest BCUT2D eigenvalue weighted by Crippen LogP contribution is 2.31. The standard InChI is InChI=1S/C21H20O8/c22-10-16-18(24)19(25)20(26)21(29-16)27-12-6-7-13-14(11-4-2-1-3-5-11)9-17(23)28-15(13)8-12/h1-9,16,18-22,24-26H,10H2/t16-,18-,19+,20-,21+/m1/s1. The van der Waals surface area contributed by atoms with Crippen LogP contribution < -0.4 is 10.4 Å². The van der Waals surface area contributed by atoms with Crippen LogP contribution in [0.25, 0.3) is 22.1 Å². The summed E-state index contributed by atoms with van der Waals surface area (Å²) >= 11 is 0. The average molecular weight is 400 g/mol. The molecular weight excluding hydrogens is 380 g/mol. The second-order valence-corrected chi connectivity index (χ2v) is 6.82. The fourth-order valence-corrected chi connectivity index (χ4v) is 3.37. The quantitative estimate of drug-likeness (QED) is 0.470. The van der Waals surface area contributed by atoms with Crippen LogP contribution in [0.3, 0.4) is 0 Å². The highest BCUT2D eigenvalue weighted by atomic mass is 16.7. The molecule has 152 valence electrons. The number of ether oxygens (including phenoxy) is 2. The van der Waals surface area contributed by atoms with E-state index in [0.717, 1.165) is 5.56 Å². The fraction of sp³-hybridized carbons (Fsp3) is 0.286. The van der Waals surface area contributed by atoms with Crippen molar-refractivity contribution in [3.63, 3.8) is 0 Å². The zero-order valence-corrected chi connectivity index (χ0v) is 15.2. The van der Waals surface area contributed by atoms with Crippen LogP contribution in [0.5, 0.6) is 5.75 Å². The molecule has 4 N–H and O–H groups in total. The van der Waals surface area contributed by atoms with Crippen molar-refractivity contribution in [1.29, 1.82) is 0 Å². The Kier molecular flexibility index (Phi) is 5.35. The van der Waals surface area contributed by atoms with Crippen molar-refractivity contribution < 1.29 is 34.3 Å². The molecule has 0 radical (unpaired) electrons. The first-order valence-corrected chi connectivity index (χ1v) is 9.08. The van der Waals surface area contributed by atoms with Crippen LogP contribution in [-0.2, 0) is 4.74 Å². The van der Waals surface area contributed by atoms with Crippen LogP contribution in [0.2, 0.25) is 0 Å². The van der Waals surface area contributed by atoms with Gasteiger partial charge in [0.05, 0.1) is 6.61 Å². The van der Waals surface area contributed by atoms with Crippen LogP contribution in [0.4, 0.5) is 0 Å². The Morgan fingerprint density at radius 3 is 2.41 bits per heavy atom. The summed E-state index contributed by atoms with van der Waals surface area (Å²) in [5, 5.41) is 39.8. The molecule has 1 aliphatic heterocycles. The minimum atomic E-state index is -1.55. The van der Waals surface area contributed by atoms with Crippen LogP contribution in [-0.4, -0.2) is 57.7 Å². The molecule has 0 spiro atoms. The molecule has 0 aliphatic carbocycles. The molecule has 1 fully saturated rings. The largest absolute Gasteiger partial charge is 0.462 e. The van der Waals surface area contributed by atoms with Crippen LogP contribution in [0.1, 0.15) is 0 Å². The van der Waals surface area contributed by atoms with Gasteiger partial charge in [-0.3, -0.25) is 0 Å². The predicted octanol–water partition coefficient (Wildman–Crippen LogP) is 0.639. The van der Waals surface area contributed by atoms with E-state index in [2.05, 4.69) is 0 Å². The van der Waals surface area contributed by atoms with Gasteiger partial charge in [0.25, 0.3) is 0 Å². The van der Waals surface area contributed by atoms with E-state index in [1.165, 1.54) is 12.1 Å². The third-order valence-corrected chi connectivity index (χ3v) is 4.90. The van der Waals surface area contributed by atoms with Gasteiger partial charge in [-0.15, -0.1) is 0 Å². The first kappa shape index (κ1) is 19.6. The maximum Gasteiger partial charge on any atom is 0.336 e. The zero-order valence-electron chi connectivity index (χ0n) is 15.2. The van der Waals surface area contributed by atoms with E-state index in [9.17, 15) is 25.2 Å². The van der Waals surface area contributed by atoms with Gasteiger partial charge in [0.1, 0.15) is 35.7 Å². The number of aliphatic hydroxyl groups excluding tert-OH is 4. The van der Waals surface area contributed by atoms with Crippen LogP contribution >= 0.6 is 0 Å². The van der Waals surface area contributed by atoms with Crippen molar-refractivity contribution in [2.75, 3.05) is 6.61 Å². The molecule has 0 amide bonds. The van der Waals surface area contributed by atoms with E-state index < -0.39 is 42.9 Å².